The van der Waals surface area contributed by atoms with Crippen LogP contribution in [-0.4, -0.2) is 49.7 Å². The molecule has 0 radical (unpaired) electrons. The van der Waals surface area contributed by atoms with Gasteiger partial charge in [-0.1, -0.05) is 40.5 Å². The average molecular weight is 298 g/mol. The largest absolute Gasteiger partial charge is 0.379 e. The van der Waals surface area contributed by atoms with Gasteiger partial charge in [0.25, 0.3) is 0 Å². The molecule has 1 fully saturated rings. The highest BCUT2D eigenvalue weighted by Crippen LogP contribution is 2.19. The predicted molar refractivity (Wildman–Crippen MR) is 87.3 cm³/mol. The Morgan fingerprint density at radius 2 is 1.81 bits per heavy atom. The van der Waals surface area contributed by atoms with Crippen molar-refractivity contribution in [2.75, 3.05) is 32.8 Å². The number of rotatable bonds is 9. The van der Waals surface area contributed by atoms with E-state index in [9.17, 15) is 4.79 Å². The lowest BCUT2D eigenvalue weighted by Crippen LogP contribution is -2.52. The molecule has 1 atom stereocenters. The molecule has 0 bridgehead atoms. The first-order valence-electron chi connectivity index (χ1n) is 8.66. The lowest BCUT2D eigenvalue weighted by Gasteiger charge is -2.38. The molecule has 1 rings (SSSR count). The standard InChI is InChI=1S/C17H34N2O2/c1-5-15(6-2)16(19-9-11-21-12-10-19)13-18-17(20)8-7-14(3)4/h14-16H,5-13H2,1-4H3,(H,18,20). The Morgan fingerprint density at radius 3 is 2.33 bits per heavy atom. The van der Waals surface area contributed by atoms with Crippen molar-refractivity contribution in [1.29, 1.82) is 0 Å². The van der Waals surface area contributed by atoms with Crippen LogP contribution in [0.2, 0.25) is 0 Å². The van der Waals surface area contributed by atoms with Crippen molar-refractivity contribution in [2.45, 2.75) is 59.4 Å². The third-order valence-electron chi connectivity index (χ3n) is 4.56. The van der Waals surface area contributed by atoms with Crippen LogP contribution in [0.4, 0.5) is 0 Å². The molecule has 1 unspecified atom stereocenters. The topological polar surface area (TPSA) is 41.6 Å². The first-order chi connectivity index (χ1) is 10.1. The van der Waals surface area contributed by atoms with Gasteiger partial charge in [0.1, 0.15) is 0 Å². The van der Waals surface area contributed by atoms with Crippen LogP contribution >= 0.6 is 0 Å². The summed E-state index contributed by atoms with van der Waals surface area (Å²) in [7, 11) is 0. The van der Waals surface area contributed by atoms with Crippen molar-refractivity contribution in [3.8, 4) is 0 Å². The molecular weight excluding hydrogens is 264 g/mol. The zero-order valence-electron chi connectivity index (χ0n) is 14.4. The van der Waals surface area contributed by atoms with Gasteiger partial charge >= 0.3 is 0 Å². The highest BCUT2D eigenvalue weighted by Gasteiger charge is 2.27. The Labute approximate surface area is 130 Å². The molecule has 0 aromatic rings. The number of carbonyl (C=O) groups is 1. The molecule has 1 heterocycles. The minimum Gasteiger partial charge on any atom is -0.379 e. The van der Waals surface area contributed by atoms with Gasteiger partial charge in [-0.25, -0.2) is 0 Å². The fourth-order valence-electron chi connectivity index (χ4n) is 3.06. The van der Waals surface area contributed by atoms with Gasteiger partial charge in [-0.3, -0.25) is 9.69 Å². The second-order valence-corrected chi connectivity index (χ2v) is 6.53. The minimum absolute atomic E-state index is 0.202. The van der Waals surface area contributed by atoms with Gasteiger partial charge in [0.2, 0.25) is 5.91 Å². The van der Waals surface area contributed by atoms with Gasteiger partial charge in [-0.05, 0) is 18.3 Å². The molecule has 4 nitrogen and oxygen atoms in total. The van der Waals surface area contributed by atoms with Crippen molar-refractivity contribution in [2.24, 2.45) is 11.8 Å². The predicted octanol–water partition coefficient (Wildman–Crippen LogP) is 2.68. The number of carbonyl (C=O) groups excluding carboxylic acids is 1. The van der Waals surface area contributed by atoms with Gasteiger partial charge in [0, 0.05) is 32.1 Å². The Bertz CT molecular complexity index is 285. The summed E-state index contributed by atoms with van der Waals surface area (Å²) in [4.78, 5) is 14.5. The van der Waals surface area contributed by atoms with Crippen molar-refractivity contribution >= 4 is 5.91 Å². The molecule has 0 spiro atoms. The lowest BCUT2D eigenvalue weighted by molar-refractivity contribution is -0.121. The summed E-state index contributed by atoms with van der Waals surface area (Å²) in [6, 6.07) is 0.451. The first kappa shape index (κ1) is 18.4. The minimum atomic E-state index is 0.202. The summed E-state index contributed by atoms with van der Waals surface area (Å²) in [5.74, 6) is 1.44. The highest BCUT2D eigenvalue weighted by atomic mass is 16.5. The number of amides is 1. The number of ether oxygens (including phenoxy) is 1. The van der Waals surface area contributed by atoms with E-state index in [4.69, 9.17) is 4.74 Å². The van der Waals surface area contributed by atoms with Crippen LogP contribution in [0.25, 0.3) is 0 Å². The third kappa shape index (κ3) is 6.79. The molecule has 0 aromatic carbocycles. The molecule has 1 amide bonds. The van der Waals surface area contributed by atoms with E-state index in [0.29, 0.717) is 24.3 Å². The van der Waals surface area contributed by atoms with E-state index < -0.39 is 0 Å². The molecular formula is C17H34N2O2. The zero-order valence-corrected chi connectivity index (χ0v) is 14.4. The Kier molecular flexibility index (Phi) is 8.93. The van der Waals surface area contributed by atoms with E-state index in [-0.39, 0.29) is 5.91 Å². The van der Waals surface area contributed by atoms with Crippen molar-refractivity contribution < 1.29 is 9.53 Å². The monoisotopic (exact) mass is 298 g/mol. The molecule has 1 saturated heterocycles. The molecule has 1 aliphatic heterocycles. The van der Waals surface area contributed by atoms with Crippen LogP contribution in [-0.2, 0) is 9.53 Å². The molecule has 124 valence electrons. The quantitative estimate of drug-likeness (QED) is 0.711. The van der Waals surface area contributed by atoms with Gasteiger partial charge < -0.3 is 10.1 Å². The van der Waals surface area contributed by atoms with E-state index in [2.05, 4.69) is 37.9 Å². The fraction of sp³-hybridized carbons (Fsp3) is 0.941. The summed E-state index contributed by atoms with van der Waals surface area (Å²) < 4.78 is 5.46. The maximum atomic E-state index is 12.0. The summed E-state index contributed by atoms with van der Waals surface area (Å²) in [6.07, 6.45) is 3.95. The van der Waals surface area contributed by atoms with Gasteiger partial charge in [0.15, 0.2) is 0 Å². The molecule has 4 heteroatoms. The summed E-state index contributed by atoms with van der Waals surface area (Å²) in [5.41, 5.74) is 0. The smallest absolute Gasteiger partial charge is 0.220 e. The maximum absolute atomic E-state index is 12.0. The number of hydrogen-bond donors (Lipinski definition) is 1. The lowest BCUT2D eigenvalue weighted by atomic mass is 9.92. The molecule has 0 saturated carbocycles. The van der Waals surface area contributed by atoms with Crippen LogP contribution in [0.5, 0.6) is 0 Å². The van der Waals surface area contributed by atoms with Crippen LogP contribution in [0.15, 0.2) is 0 Å². The normalized spacial score (nSPS) is 18.2. The Morgan fingerprint density at radius 1 is 1.19 bits per heavy atom. The number of nitrogens with one attached hydrogen (secondary N) is 1. The van der Waals surface area contributed by atoms with E-state index in [1.807, 2.05) is 0 Å². The molecule has 0 aromatic heterocycles. The molecule has 1 aliphatic rings. The van der Waals surface area contributed by atoms with Crippen molar-refractivity contribution in [3.63, 3.8) is 0 Å². The fourth-order valence-corrected chi connectivity index (χ4v) is 3.06. The van der Waals surface area contributed by atoms with E-state index in [1.54, 1.807) is 0 Å². The maximum Gasteiger partial charge on any atom is 0.220 e. The molecule has 1 N–H and O–H groups in total. The number of hydrogen-bond acceptors (Lipinski definition) is 3. The van der Waals surface area contributed by atoms with Crippen LogP contribution in [0.1, 0.15) is 53.4 Å². The van der Waals surface area contributed by atoms with E-state index in [1.165, 1.54) is 12.8 Å². The second-order valence-electron chi connectivity index (χ2n) is 6.53. The number of nitrogens with zero attached hydrogens (tertiary/aromatic N) is 1. The summed E-state index contributed by atoms with van der Waals surface area (Å²) in [5, 5.41) is 3.16. The molecule has 0 aliphatic carbocycles. The Hall–Kier alpha value is -0.610. The zero-order chi connectivity index (χ0) is 15.7. The van der Waals surface area contributed by atoms with Crippen molar-refractivity contribution in [1.82, 2.24) is 10.2 Å². The third-order valence-corrected chi connectivity index (χ3v) is 4.56. The first-order valence-corrected chi connectivity index (χ1v) is 8.66. The van der Waals surface area contributed by atoms with Gasteiger partial charge in [-0.15, -0.1) is 0 Å². The molecule has 21 heavy (non-hydrogen) atoms. The summed E-state index contributed by atoms with van der Waals surface area (Å²) >= 11 is 0. The summed E-state index contributed by atoms with van der Waals surface area (Å²) in [6.45, 7) is 13.2. The van der Waals surface area contributed by atoms with Crippen LogP contribution < -0.4 is 5.32 Å². The van der Waals surface area contributed by atoms with Crippen LogP contribution in [0.3, 0.4) is 0 Å². The van der Waals surface area contributed by atoms with Crippen molar-refractivity contribution in [3.05, 3.63) is 0 Å². The second kappa shape index (κ2) is 10.2. The van der Waals surface area contributed by atoms with Crippen LogP contribution in [0, 0.1) is 11.8 Å². The average Bonchev–Trinajstić information content (AvgIpc) is 2.50. The van der Waals surface area contributed by atoms with Gasteiger partial charge in [-0.2, -0.15) is 0 Å². The highest BCUT2D eigenvalue weighted by molar-refractivity contribution is 5.75. The SMILES string of the molecule is CCC(CC)C(CNC(=O)CCC(C)C)N1CCOCC1. The number of morpholine rings is 1. The Balaban J connectivity index is 2.49. The van der Waals surface area contributed by atoms with E-state index in [0.717, 1.165) is 39.3 Å². The van der Waals surface area contributed by atoms with Gasteiger partial charge in [0.05, 0.1) is 13.2 Å². The van der Waals surface area contributed by atoms with E-state index >= 15 is 0 Å².